The van der Waals surface area contributed by atoms with Gasteiger partial charge in [-0.05, 0) is 56.2 Å². The quantitative estimate of drug-likeness (QED) is 0.380. The number of sulfonamides is 1. The highest BCUT2D eigenvalue weighted by Crippen LogP contribution is 2.21. The predicted molar refractivity (Wildman–Crippen MR) is 137 cm³/mol. The monoisotopic (exact) mass is 527 g/mol. The molecule has 1 aromatic carbocycles. The minimum Gasteiger partial charge on any atom is -0.480 e. The van der Waals surface area contributed by atoms with E-state index in [1.807, 2.05) is 20.1 Å². The summed E-state index contributed by atoms with van der Waals surface area (Å²) in [5.74, 6) is -1.66. The Morgan fingerprint density at radius 2 is 1.77 bits per heavy atom. The van der Waals surface area contributed by atoms with Gasteiger partial charge in [0, 0.05) is 19.0 Å². The van der Waals surface area contributed by atoms with Crippen molar-refractivity contribution in [1.82, 2.24) is 14.9 Å². The molecule has 1 aliphatic heterocycles. The molecule has 1 fully saturated rings. The number of amides is 2. The Balaban J connectivity index is 2.03. The molecular weight excluding hydrogens is 490 g/mol. The second-order valence-electron chi connectivity index (χ2n) is 9.08. The molecule has 0 unspecified atom stereocenters. The molecule has 2 amide bonds. The van der Waals surface area contributed by atoms with E-state index in [0.717, 1.165) is 5.56 Å². The lowest BCUT2D eigenvalue weighted by Crippen LogP contribution is -2.53. The van der Waals surface area contributed by atoms with Crippen molar-refractivity contribution in [3.05, 3.63) is 29.8 Å². The van der Waals surface area contributed by atoms with Crippen molar-refractivity contribution in [3.63, 3.8) is 0 Å². The number of carboxylic acids is 1. The lowest BCUT2D eigenvalue weighted by molar-refractivity contribution is -0.144. The topological polar surface area (TPSA) is 133 Å². The van der Waals surface area contributed by atoms with E-state index in [4.69, 9.17) is 0 Å². The van der Waals surface area contributed by atoms with Crippen molar-refractivity contribution < 1.29 is 27.9 Å². The molecule has 0 spiro atoms. The molecule has 1 aromatic rings. The highest BCUT2D eigenvalue weighted by molar-refractivity contribution is 7.98. The van der Waals surface area contributed by atoms with Gasteiger partial charge >= 0.3 is 5.97 Å². The number of thioether (sulfide) groups is 1. The van der Waals surface area contributed by atoms with Gasteiger partial charge in [-0.15, -0.1) is 0 Å². The number of carbonyl (C=O) groups excluding carboxylic acids is 2. The van der Waals surface area contributed by atoms with Crippen LogP contribution < -0.4 is 10.0 Å². The van der Waals surface area contributed by atoms with Crippen molar-refractivity contribution >= 4 is 39.6 Å². The zero-order chi connectivity index (χ0) is 26.2. The largest absolute Gasteiger partial charge is 0.480 e. The highest BCUT2D eigenvalue weighted by Gasteiger charge is 2.34. The lowest BCUT2D eigenvalue weighted by Gasteiger charge is -2.34. The molecule has 0 aromatic heterocycles. The van der Waals surface area contributed by atoms with Crippen LogP contribution in [-0.2, 0) is 24.4 Å². The molecule has 0 radical (unpaired) electrons. The first kappa shape index (κ1) is 29.1. The average Bonchev–Trinajstić information content (AvgIpc) is 2.84. The second-order valence-corrected chi connectivity index (χ2v) is 11.8. The van der Waals surface area contributed by atoms with E-state index in [9.17, 15) is 27.9 Å². The molecule has 2 rings (SSSR count). The third kappa shape index (κ3) is 8.22. The number of aliphatic carboxylic acids is 1. The van der Waals surface area contributed by atoms with Crippen LogP contribution in [0.25, 0.3) is 0 Å². The van der Waals surface area contributed by atoms with Gasteiger partial charge in [0.15, 0.2) is 0 Å². The van der Waals surface area contributed by atoms with Crippen molar-refractivity contribution in [1.29, 1.82) is 0 Å². The standard InChI is InChI=1S/C24H37N3O6S2/c1-5-17(3)21(24(30)31)25-22(28)18-10-13-27(14-11-18)23(29)20(12-15-34-4)26-35(32,33)19-8-6-16(2)7-9-19/h6-9,17-18,20-21,26H,5,10-15H2,1-4H3,(H,25,28)(H,30,31)/t17-,20-,21-/m0/s1. The summed E-state index contributed by atoms with van der Waals surface area (Å²) in [6.45, 7) is 6.13. The summed E-state index contributed by atoms with van der Waals surface area (Å²) in [5.41, 5.74) is 0.935. The van der Waals surface area contributed by atoms with Gasteiger partial charge in [-0.25, -0.2) is 13.2 Å². The first-order valence-corrected chi connectivity index (χ1v) is 14.8. The van der Waals surface area contributed by atoms with Gasteiger partial charge in [0.05, 0.1) is 4.90 Å². The molecule has 196 valence electrons. The number of piperidine rings is 1. The molecule has 11 heteroatoms. The fraction of sp³-hybridized carbons (Fsp3) is 0.625. The number of rotatable bonds is 12. The van der Waals surface area contributed by atoms with Crippen molar-refractivity contribution in [2.24, 2.45) is 11.8 Å². The molecule has 0 bridgehead atoms. The van der Waals surface area contributed by atoms with Crippen LogP contribution in [0.1, 0.15) is 45.1 Å². The Morgan fingerprint density at radius 3 is 2.29 bits per heavy atom. The normalized spacial score (nSPS) is 17.4. The number of aryl methyl sites for hydroxylation is 1. The number of likely N-dealkylation sites (tertiary alicyclic amines) is 1. The molecule has 3 atom stereocenters. The van der Waals surface area contributed by atoms with Crippen LogP contribution in [0, 0.1) is 18.8 Å². The van der Waals surface area contributed by atoms with E-state index in [2.05, 4.69) is 10.0 Å². The molecule has 1 saturated heterocycles. The van der Waals surface area contributed by atoms with Gasteiger partial charge in [0.1, 0.15) is 12.1 Å². The molecule has 1 aliphatic rings. The van der Waals surface area contributed by atoms with Crippen LogP contribution in [0.15, 0.2) is 29.2 Å². The van der Waals surface area contributed by atoms with E-state index in [-0.39, 0.29) is 28.5 Å². The van der Waals surface area contributed by atoms with Gasteiger partial charge in [0.25, 0.3) is 0 Å². The Hall–Kier alpha value is -2.11. The zero-order valence-corrected chi connectivity index (χ0v) is 22.5. The zero-order valence-electron chi connectivity index (χ0n) is 20.8. The predicted octanol–water partition coefficient (Wildman–Crippen LogP) is 2.25. The van der Waals surface area contributed by atoms with Crippen molar-refractivity contribution in [3.8, 4) is 0 Å². The summed E-state index contributed by atoms with van der Waals surface area (Å²) >= 11 is 1.53. The first-order chi connectivity index (χ1) is 16.5. The van der Waals surface area contributed by atoms with E-state index >= 15 is 0 Å². The van der Waals surface area contributed by atoms with Crippen LogP contribution in [0.5, 0.6) is 0 Å². The number of carboxylic acid groups (broad SMARTS) is 1. The fourth-order valence-corrected chi connectivity index (χ4v) is 5.67. The van der Waals surface area contributed by atoms with Gasteiger partial charge in [-0.2, -0.15) is 16.5 Å². The smallest absolute Gasteiger partial charge is 0.326 e. The number of nitrogens with zero attached hydrogens (tertiary/aromatic N) is 1. The van der Waals surface area contributed by atoms with Gasteiger partial charge in [0.2, 0.25) is 21.8 Å². The molecule has 3 N–H and O–H groups in total. The summed E-state index contributed by atoms with van der Waals surface area (Å²) in [5, 5.41) is 12.1. The molecule has 0 aliphatic carbocycles. The highest BCUT2D eigenvalue weighted by atomic mass is 32.2. The molecular formula is C24H37N3O6S2. The minimum absolute atomic E-state index is 0.106. The van der Waals surface area contributed by atoms with E-state index in [1.54, 1.807) is 24.0 Å². The van der Waals surface area contributed by atoms with Crippen LogP contribution >= 0.6 is 11.8 Å². The van der Waals surface area contributed by atoms with Crippen LogP contribution in [0.3, 0.4) is 0 Å². The fourth-order valence-electron chi connectivity index (χ4n) is 3.98. The van der Waals surface area contributed by atoms with Crippen LogP contribution in [0.2, 0.25) is 0 Å². The third-order valence-electron chi connectivity index (χ3n) is 6.49. The van der Waals surface area contributed by atoms with Crippen molar-refractivity contribution in [2.45, 2.75) is 63.4 Å². The summed E-state index contributed by atoms with van der Waals surface area (Å²) in [6.07, 6.45) is 3.65. The first-order valence-electron chi connectivity index (χ1n) is 11.9. The lowest BCUT2D eigenvalue weighted by atomic mass is 9.93. The van der Waals surface area contributed by atoms with Crippen LogP contribution in [0.4, 0.5) is 0 Å². The number of nitrogens with one attached hydrogen (secondary N) is 2. The Bertz CT molecular complexity index is 975. The molecule has 9 nitrogen and oxygen atoms in total. The third-order valence-corrected chi connectivity index (χ3v) is 8.62. The second kappa shape index (κ2) is 13.3. The minimum atomic E-state index is -3.87. The van der Waals surface area contributed by atoms with E-state index < -0.39 is 28.1 Å². The molecule has 35 heavy (non-hydrogen) atoms. The van der Waals surface area contributed by atoms with Gasteiger partial charge < -0.3 is 15.3 Å². The number of hydrogen-bond donors (Lipinski definition) is 3. The van der Waals surface area contributed by atoms with Crippen LogP contribution in [-0.4, -0.2) is 73.4 Å². The summed E-state index contributed by atoms with van der Waals surface area (Å²) in [7, 11) is -3.87. The summed E-state index contributed by atoms with van der Waals surface area (Å²) < 4.78 is 28.4. The molecule has 0 saturated carbocycles. The maximum atomic E-state index is 13.3. The SMILES string of the molecule is CC[C@H](C)[C@H](NC(=O)C1CCN(C(=O)[C@H](CCSC)NS(=O)(=O)c2ccc(C)cc2)CC1)C(=O)O. The summed E-state index contributed by atoms with van der Waals surface area (Å²) in [6, 6.07) is 4.60. The summed E-state index contributed by atoms with van der Waals surface area (Å²) in [4.78, 5) is 39.2. The maximum absolute atomic E-state index is 13.3. The Kier molecular flexibility index (Phi) is 11.0. The van der Waals surface area contributed by atoms with Gasteiger partial charge in [-0.3, -0.25) is 9.59 Å². The average molecular weight is 528 g/mol. The van der Waals surface area contributed by atoms with Crippen molar-refractivity contribution in [2.75, 3.05) is 25.1 Å². The Morgan fingerprint density at radius 1 is 1.17 bits per heavy atom. The van der Waals surface area contributed by atoms with E-state index in [0.29, 0.717) is 44.5 Å². The molecule has 1 heterocycles. The number of benzene rings is 1. The number of hydrogen-bond acceptors (Lipinski definition) is 6. The maximum Gasteiger partial charge on any atom is 0.326 e. The van der Waals surface area contributed by atoms with E-state index in [1.165, 1.54) is 23.9 Å². The Labute approximate surface area is 212 Å². The number of carbonyl (C=O) groups is 3. The van der Waals surface area contributed by atoms with Gasteiger partial charge in [-0.1, -0.05) is 38.0 Å².